The van der Waals surface area contributed by atoms with Gasteiger partial charge in [0.25, 0.3) is 0 Å². The summed E-state index contributed by atoms with van der Waals surface area (Å²) in [5, 5.41) is 0. The maximum atomic E-state index is 10.9. The van der Waals surface area contributed by atoms with Crippen LogP contribution in [0.3, 0.4) is 0 Å². The number of nitrogens with zero attached hydrogens (tertiary/aromatic N) is 3. The average Bonchev–Trinajstić information content (AvgIpc) is 2.42. The number of hydrogen-bond donors (Lipinski definition) is 0. The molecule has 0 aliphatic rings. The zero-order valence-electron chi connectivity index (χ0n) is 7.29. The third-order valence-corrected chi connectivity index (χ3v) is 2.42. The Morgan fingerprint density at radius 3 is 2.93 bits per heavy atom. The van der Waals surface area contributed by atoms with Crippen molar-refractivity contribution in [3.8, 4) is 0 Å². The van der Waals surface area contributed by atoms with Crippen molar-refractivity contribution < 1.29 is 8.42 Å². The summed E-state index contributed by atoms with van der Waals surface area (Å²) in [6, 6.07) is 0. The molecule has 73 valence electrons. The van der Waals surface area contributed by atoms with Crippen molar-refractivity contribution in [1.29, 1.82) is 0 Å². The second kappa shape index (κ2) is 3.06. The Morgan fingerprint density at radius 2 is 2.29 bits per heavy atom. The standard InChI is InChI=1S/C8H8N3O2S/c1-14(12,13)6-7-5-11-3-2-9-4-8(11)10-7/h2-5H,1,6H2. The Labute approximate surface area is 81.3 Å². The van der Waals surface area contributed by atoms with Crippen molar-refractivity contribution in [2.45, 2.75) is 5.75 Å². The molecular weight excluding hydrogens is 202 g/mol. The SMILES string of the molecule is [CH2]S(=O)(=O)Cc1cn2ccncc2n1. The lowest BCUT2D eigenvalue weighted by Crippen LogP contribution is -1.97. The third kappa shape index (κ3) is 1.90. The number of hydrogen-bond acceptors (Lipinski definition) is 4. The van der Waals surface area contributed by atoms with E-state index in [0.717, 1.165) is 0 Å². The highest BCUT2D eigenvalue weighted by atomic mass is 32.2. The van der Waals surface area contributed by atoms with Crippen LogP contribution >= 0.6 is 0 Å². The number of fused-ring (bicyclic) bond motifs is 1. The van der Waals surface area contributed by atoms with Gasteiger partial charge in [0, 0.05) is 18.6 Å². The molecule has 0 fully saturated rings. The molecule has 0 saturated heterocycles. The van der Waals surface area contributed by atoms with Crippen LogP contribution < -0.4 is 0 Å². The van der Waals surface area contributed by atoms with Crippen LogP contribution in [0.4, 0.5) is 0 Å². The van der Waals surface area contributed by atoms with Crippen LogP contribution in [0.5, 0.6) is 0 Å². The van der Waals surface area contributed by atoms with Crippen molar-refractivity contribution in [3.05, 3.63) is 36.7 Å². The monoisotopic (exact) mass is 210 g/mol. The summed E-state index contributed by atoms with van der Waals surface area (Å²) < 4.78 is 23.5. The molecule has 0 spiro atoms. The summed E-state index contributed by atoms with van der Waals surface area (Å²) in [6.07, 6.45) is 9.58. The van der Waals surface area contributed by atoms with Crippen LogP contribution in [0.15, 0.2) is 24.8 Å². The zero-order valence-corrected chi connectivity index (χ0v) is 8.11. The highest BCUT2D eigenvalue weighted by molar-refractivity contribution is 7.91. The molecule has 0 atom stereocenters. The molecule has 0 aromatic carbocycles. The van der Waals surface area contributed by atoms with Gasteiger partial charge in [-0.3, -0.25) is 4.98 Å². The quantitative estimate of drug-likeness (QED) is 0.721. The molecule has 0 saturated carbocycles. The van der Waals surface area contributed by atoms with Crippen LogP contribution in [-0.2, 0) is 15.6 Å². The van der Waals surface area contributed by atoms with Crippen molar-refractivity contribution in [3.63, 3.8) is 0 Å². The maximum absolute atomic E-state index is 10.9. The molecule has 0 aliphatic carbocycles. The van der Waals surface area contributed by atoms with Gasteiger partial charge in [0.05, 0.1) is 23.9 Å². The van der Waals surface area contributed by atoms with Gasteiger partial charge in [-0.05, 0) is 0 Å². The predicted molar refractivity (Wildman–Crippen MR) is 51.0 cm³/mol. The Hall–Kier alpha value is -1.43. The molecule has 6 heteroatoms. The van der Waals surface area contributed by atoms with Crippen molar-refractivity contribution in [2.75, 3.05) is 0 Å². The topological polar surface area (TPSA) is 64.3 Å². The van der Waals surface area contributed by atoms with E-state index >= 15 is 0 Å². The van der Waals surface area contributed by atoms with Gasteiger partial charge in [-0.15, -0.1) is 0 Å². The molecule has 0 amide bonds. The van der Waals surface area contributed by atoms with E-state index in [1.165, 1.54) is 0 Å². The van der Waals surface area contributed by atoms with E-state index < -0.39 is 9.84 Å². The molecule has 14 heavy (non-hydrogen) atoms. The molecule has 0 N–H and O–H groups in total. The first-order valence-corrected chi connectivity index (χ1v) is 5.70. The molecule has 2 aromatic heterocycles. The first-order valence-electron chi connectivity index (χ1n) is 3.88. The molecular formula is C8H8N3O2S. The fraction of sp³-hybridized carbons (Fsp3) is 0.125. The van der Waals surface area contributed by atoms with Gasteiger partial charge in [-0.25, -0.2) is 13.4 Å². The number of sulfone groups is 1. The number of rotatable bonds is 2. The van der Waals surface area contributed by atoms with Gasteiger partial charge >= 0.3 is 0 Å². The minimum Gasteiger partial charge on any atom is -0.304 e. The summed E-state index contributed by atoms with van der Waals surface area (Å²) in [5.41, 5.74) is 1.11. The van der Waals surface area contributed by atoms with Crippen LogP contribution in [-0.4, -0.2) is 22.8 Å². The largest absolute Gasteiger partial charge is 0.304 e. The molecule has 0 bridgehead atoms. The van der Waals surface area contributed by atoms with E-state index in [-0.39, 0.29) is 5.75 Å². The van der Waals surface area contributed by atoms with E-state index in [0.29, 0.717) is 11.3 Å². The minimum absolute atomic E-state index is 0.144. The lowest BCUT2D eigenvalue weighted by atomic mass is 10.6. The average molecular weight is 210 g/mol. The zero-order chi connectivity index (χ0) is 10.2. The van der Waals surface area contributed by atoms with E-state index in [9.17, 15) is 8.42 Å². The second-order valence-electron chi connectivity index (χ2n) is 2.96. The normalized spacial score (nSPS) is 12.1. The Bertz CT molecular complexity index is 526. The van der Waals surface area contributed by atoms with Crippen LogP contribution in [0.25, 0.3) is 5.65 Å². The first-order chi connectivity index (χ1) is 6.54. The molecule has 0 aliphatic heterocycles. The highest BCUT2D eigenvalue weighted by Crippen LogP contribution is 2.06. The molecule has 1 radical (unpaired) electrons. The molecule has 2 heterocycles. The van der Waals surface area contributed by atoms with Crippen LogP contribution in [0.2, 0.25) is 0 Å². The Balaban J connectivity index is 2.46. The molecule has 5 nitrogen and oxygen atoms in total. The third-order valence-electron chi connectivity index (χ3n) is 1.68. The van der Waals surface area contributed by atoms with Gasteiger partial charge in [0.2, 0.25) is 0 Å². The maximum Gasteiger partial charge on any atom is 0.157 e. The molecule has 0 unspecified atom stereocenters. The van der Waals surface area contributed by atoms with E-state index in [1.807, 2.05) is 0 Å². The van der Waals surface area contributed by atoms with Crippen molar-refractivity contribution in [1.82, 2.24) is 14.4 Å². The van der Waals surface area contributed by atoms with E-state index in [1.54, 1.807) is 29.2 Å². The van der Waals surface area contributed by atoms with Gasteiger partial charge in [0.15, 0.2) is 15.5 Å². The fourth-order valence-electron chi connectivity index (χ4n) is 1.19. The summed E-state index contributed by atoms with van der Waals surface area (Å²) in [6.45, 7) is 0. The van der Waals surface area contributed by atoms with E-state index in [4.69, 9.17) is 0 Å². The number of imidazole rings is 1. The lowest BCUT2D eigenvalue weighted by molar-refractivity contribution is 0.603. The molecule has 2 rings (SSSR count). The van der Waals surface area contributed by atoms with Gasteiger partial charge in [-0.1, -0.05) is 0 Å². The van der Waals surface area contributed by atoms with Gasteiger partial charge in [-0.2, -0.15) is 0 Å². The van der Waals surface area contributed by atoms with Crippen molar-refractivity contribution in [2.24, 2.45) is 0 Å². The van der Waals surface area contributed by atoms with Gasteiger partial charge in [0.1, 0.15) is 0 Å². The lowest BCUT2D eigenvalue weighted by Gasteiger charge is -1.90. The summed E-state index contributed by atoms with van der Waals surface area (Å²) >= 11 is 0. The second-order valence-corrected chi connectivity index (χ2v) is 4.74. The van der Waals surface area contributed by atoms with Gasteiger partial charge < -0.3 is 4.40 Å². The summed E-state index contributed by atoms with van der Waals surface area (Å²) in [4.78, 5) is 7.95. The van der Waals surface area contributed by atoms with E-state index in [2.05, 4.69) is 16.2 Å². The smallest absolute Gasteiger partial charge is 0.157 e. The molecule has 2 aromatic rings. The summed E-state index contributed by atoms with van der Waals surface area (Å²) in [5.74, 6) is -0.144. The first kappa shape index (κ1) is 9.14. The van der Waals surface area contributed by atoms with Crippen molar-refractivity contribution >= 4 is 15.5 Å². The highest BCUT2D eigenvalue weighted by Gasteiger charge is 2.08. The summed E-state index contributed by atoms with van der Waals surface area (Å²) in [7, 11) is -3.27. The predicted octanol–water partition coefficient (Wildman–Crippen LogP) is 0.436. The number of aromatic nitrogens is 3. The fourth-order valence-corrected chi connectivity index (χ4v) is 1.78. The Morgan fingerprint density at radius 1 is 1.50 bits per heavy atom. The Kier molecular flexibility index (Phi) is 1.99. The van der Waals surface area contributed by atoms with Crippen LogP contribution in [0, 0.1) is 6.26 Å². The minimum atomic E-state index is -3.27. The van der Waals surface area contributed by atoms with Crippen LogP contribution in [0.1, 0.15) is 5.69 Å².